The molecule has 7 nitrogen and oxygen atoms in total. The molecule has 0 aliphatic rings. The Kier molecular flexibility index (Phi) is 3.84. The summed E-state index contributed by atoms with van der Waals surface area (Å²) >= 11 is 1.12. The summed E-state index contributed by atoms with van der Waals surface area (Å²) in [5.74, 6) is 0. The topological polar surface area (TPSA) is 90.2 Å². The maximum atomic E-state index is 12.4. The van der Waals surface area contributed by atoms with Crippen LogP contribution in [0.1, 0.15) is 5.56 Å². The molecule has 2 aromatic heterocycles. The molecule has 0 saturated heterocycles. The Morgan fingerprint density at radius 3 is 2.17 bits per heavy atom. The summed E-state index contributed by atoms with van der Waals surface area (Å²) < 4.78 is 30.0. The van der Waals surface area contributed by atoms with Crippen LogP contribution >= 0.6 is 11.3 Å². The van der Waals surface area contributed by atoms with Crippen molar-refractivity contribution in [3.05, 3.63) is 55.9 Å². The monoisotopic (exact) mass is 365 g/mol. The summed E-state index contributed by atoms with van der Waals surface area (Å²) in [5, 5.41) is 1.68. The lowest BCUT2D eigenvalue weighted by atomic mass is 10.1. The van der Waals surface area contributed by atoms with Crippen molar-refractivity contribution in [2.45, 2.75) is 11.1 Å². The van der Waals surface area contributed by atoms with Gasteiger partial charge in [-0.05, 0) is 36.1 Å². The molecule has 1 N–H and O–H groups in total. The number of aromatic nitrogens is 2. The van der Waals surface area contributed by atoms with Crippen LogP contribution in [0.5, 0.6) is 0 Å². The molecule has 0 radical (unpaired) electrons. The van der Waals surface area contributed by atoms with Gasteiger partial charge >= 0.3 is 11.1 Å². The fourth-order valence-electron chi connectivity index (χ4n) is 2.45. The number of anilines is 1. The van der Waals surface area contributed by atoms with Gasteiger partial charge in [-0.25, -0.2) is 8.42 Å². The van der Waals surface area contributed by atoms with Crippen LogP contribution in [0.15, 0.2) is 43.4 Å². The minimum atomic E-state index is -3.69. The molecule has 9 heteroatoms. The number of nitrogens with zero attached hydrogens (tertiary/aromatic N) is 2. The number of rotatable bonds is 3. The first-order valence-electron chi connectivity index (χ1n) is 6.99. The van der Waals surface area contributed by atoms with E-state index in [0.717, 1.165) is 11.3 Å². The number of hydrogen-bond donors (Lipinski definition) is 1. The van der Waals surface area contributed by atoms with Gasteiger partial charge in [0.2, 0.25) is 0 Å². The Hall–Kier alpha value is -2.39. The molecule has 126 valence electrons. The molecule has 2 heterocycles. The summed E-state index contributed by atoms with van der Waals surface area (Å²) in [6.07, 6.45) is 0. The smallest absolute Gasteiger partial charge is 0.305 e. The third-order valence-electron chi connectivity index (χ3n) is 3.84. The van der Waals surface area contributed by atoms with E-state index in [0.29, 0.717) is 22.3 Å². The Balaban J connectivity index is 2.23. The van der Waals surface area contributed by atoms with Crippen LogP contribution in [0, 0.1) is 6.92 Å². The predicted octanol–water partition coefficient (Wildman–Crippen LogP) is 1.41. The van der Waals surface area contributed by atoms with Crippen molar-refractivity contribution in [1.29, 1.82) is 0 Å². The molecule has 0 bridgehead atoms. The highest BCUT2D eigenvalue weighted by Gasteiger charge is 2.18. The summed E-state index contributed by atoms with van der Waals surface area (Å²) in [5.41, 5.74) is 0.744. The van der Waals surface area contributed by atoms with Gasteiger partial charge in [0.05, 0.1) is 16.7 Å². The molecule has 3 rings (SSSR count). The van der Waals surface area contributed by atoms with E-state index in [9.17, 15) is 18.0 Å². The number of fused-ring (bicyclic) bond motifs is 1. The second kappa shape index (κ2) is 5.60. The minimum Gasteiger partial charge on any atom is -0.305 e. The predicted molar refractivity (Wildman–Crippen MR) is 94.3 cm³/mol. The zero-order valence-corrected chi connectivity index (χ0v) is 14.9. The Labute approximate surface area is 141 Å². The van der Waals surface area contributed by atoms with Crippen molar-refractivity contribution in [1.82, 2.24) is 9.13 Å². The van der Waals surface area contributed by atoms with E-state index in [-0.39, 0.29) is 4.21 Å². The normalized spacial score (nSPS) is 11.8. The van der Waals surface area contributed by atoms with Crippen molar-refractivity contribution in [3.8, 4) is 0 Å². The first-order chi connectivity index (χ1) is 11.2. The largest absolute Gasteiger partial charge is 0.316 e. The van der Waals surface area contributed by atoms with Crippen LogP contribution in [0.3, 0.4) is 0 Å². The molecule has 1 aromatic carbocycles. The highest BCUT2D eigenvalue weighted by atomic mass is 32.2. The van der Waals surface area contributed by atoms with E-state index in [1.54, 1.807) is 30.5 Å². The summed E-state index contributed by atoms with van der Waals surface area (Å²) in [6.45, 7) is 1.74. The number of nitrogens with one attached hydrogen (secondary N) is 1. The molecule has 0 spiro atoms. The van der Waals surface area contributed by atoms with E-state index in [4.69, 9.17) is 0 Å². The lowest BCUT2D eigenvalue weighted by Gasteiger charge is -2.14. The quantitative estimate of drug-likeness (QED) is 0.711. The molecule has 3 aromatic rings. The van der Waals surface area contributed by atoms with E-state index in [1.807, 2.05) is 0 Å². The van der Waals surface area contributed by atoms with Gasteiger partial charge in [0, 0.05) is 14.1 Å². The Morgan fingerprint density at radius 2 is 1.62 bits per heavy atom. The van der Waals surface area contributed by atoms with Gasteiger partial charge in [0.25, 0.3) is 10.0 Å². The SMILES string of the molecule is Cc1cc2c(cc1NS(=O)(=O)c1cccs1)n(C)c(=O)c(=O)n2C. The van der Waals surface area contributed by atoms with E-state index in [1.165, 1.54) is 29.3 Å². The summed E-state index contributed by atoms with van der Waals surface area (Å²) in [4.78, 5) is 23.9. The molecule has 0 aliphatic heterocycles. The van der Waals surface area contributed by atoms with Crippen LogP contribution in [0.2, 0.25) is 0 Å². The van der Waals surface area contributed by atoms with E-state index < -0.39 is 21.1 Å². The van der Waals surface area contributed by atoms with E-state index >= 15 is 0 Å². The maximum Gasteiger partial charge on any atom is 0.316 e. The van der Waals surface area contributed by atoms with Gasteiger partial charge in [-0.15, -0.1) is 11.3 Å². The van der Waals surface area contributed by atoms with Gasteiger partial charge in [0.15, 0.2) is 0 Å². The average molecular weight is 365 g/mol. The van der Waals surface area contributed by atoms with Crippen LogP contribution < -0.4 is 15.8 Å². The van der Waals surface area contributed by atoms with Gasteiger partial charge in [-0.1, -0.05) is 6.07 Å². The molecular formula is C15H15N3O4S2. The van der Waals surface area contributed by atoms with Gasteiger partial charge in [0.1, 0.15) is 4.21 Å². The first kappa shape index (κ1) is 16.5. The fourth-order valence-corrected chi connectivity index (χ4v) is 4.56. The second-order valence-corrected chi connectivity index (χ2v) is 8.28. The van der Waals surface area contributed by atoms with Crippen LogP contribution in [-0.4, -0.2) is 17.6 Å². The van der Waals surface area contributed by atoms with Crippen molar-refractivity contribution in [2.75, 3.05) is 4.72 Å². The highest BCUT2D eigenvalue weighted by molar-refractivity contribution is 7.94. The van der Waals surface area contributed by atoms with Crippen LogP contribution in [0.4, 0.5) is 5.69 Å². The Morgan fingerprint density at radius 1 is 1.04 bits per heavy atom. The molecular weight excluding hydrogens is 350 g/mol. The molecule has 0 saturated carbocycles. The lowest BCUT2D eigenvalue weighted by molar-refractivity contribution is 0.603. The first-order valence-corrected chi connectivity index (χ1v) is 9.35. The van der Waals surface area contributed by atoms with Gasteiger partial charge in [-0.2, -0.15) is 0 Å². The zero-order chi connectivity index (χ0) is 17.6. The third kappa shape index (κ3) is 2.55. The fraction of sp³-hybridized carbons (Fsp3) is 0.200. The summed E-state index contributed by atoms with van der Waals surface area (Å²) in [7, 11) is -0.690. The number of sulfonamides is 1. The molecule has 0 aliphatic carbocycles. The number of aryl methyl sites for hydroxylation is 3. The third-order valence-corrected chi connectivity index (χ3v) is 6.60. The maximum absolute atomic E-state index is 12.4. The number of thiophene rings is 1. The highest BCUT2D eigenvalue weighted by Crippen LogP contribution is 2.25. The van der Waals surface area contributed by atoms with Crippen molar-refractivity contribution < 1.29 is 8.42 Å². The number of benzene rings is 1. The van der Waals surface area contributed by atoms with Gasteiger partial charge < -0.3 is 9.13 Å². The molecule has 0 fully saturated rings. The molecule has 24 heavy (non-hydrogen) atoms. The lowest BCUT2D eigenvalue weighted by Crippen LogP contribution is -2.39. The number of hydrogen-bond acceptors (Lipinski definition) is 5. The van der Waals surface area contributed by atoms with E-state index in [2.05, 4.69) is 4.72 Å². The average Bonchev–Trinajstić information content (AvgIpc) is 3.07. The van der Waals surface area contributed by atoms with Gasteiger partial charge in [-0.3, -0.25) is 14.3 Å². The summed E-state index contributed by atoms with van der Waals surface area (Å²) in [6, 6.07) is 6.42. The second-order valence-electron chi connectivity index (χ2n) is 5.42. The standard InChI is InChI=1S/C15H15N3O4S2/c1-9-7-11-12(18(3)15(20)14(19)17(11)2)8-10(9)16-24(21,22)13-5-4-6-23-13/h4-8,16H,1-3H3. The van der Waals surface area contributed by atoms with Crippen LogP contribution in [0.25, 0.3) is 11.0 Å². The molecule has 0 atom stereocenters. The van der Waals surface area contributed by atoms with Crippen molar-refractivity contribution in [3.63, 3.8) is 0 Å². The van der Waals surface area contributed by atoms with Crippen molar-refractivity contribution >= 4 is 38.1 Å². The molecule has 0 amide bonds. The van der Waals surface area contributed by atoms with Crippen LogP contribution in [-0.2, 0) is 24.1 Å². The minimum absolute atomic E-state index is 0.205. The Bertz CT molecular complexity index is 1160. The van der Waals surface area contributed by atoms with Crippen molar-refractivity contribution in [2.24, 2.45) is 14.1 Å². The molecule has 0 unspecified atom stereocenters. The zero-order valence-electron chi connectivity index (χ0n) is 13.2.